The van der Waals surface area contributed by atoms with Gasteiger partial charge in [-0.3, -0.25) is 0 Å². The summed E-state index contributed by atoms with van der Waals surface area (Å²) < 4.78 is 18.9. The Morgan fingerprint density at radius 3 is 2.84 bits per heavy atom. The van der Waals surface area contributed by atoms with Crippen LogP contribution in [0.2, 0.25) is 0 Å². The molecule has 6 heteroatoms. The van der Waals surface area contributed by atoms with Crippen molar-refractivity contribution in [2.75, 3.05) is 0 Å². The lowest BCUT2D eigenvalue weighted by atomic mass is 9.97. The van der Waals surface area contributed by atoms with Crippen molar-refractivity contribution >= 4 is 15.9 Å². The van der Waals surface area contributed by atoms with Crippen molar-refractivity contribution in [3.05, 3.63) is 34.4 Å². The van der Waals surface area contributed by atoms with Crippen LogP contribution in [-0.2, 0) is 5.54 Å². The Morgan fingerprint density at radius 2 is 2.21 bits per heavy atom. The zero-order valence-electron chi connectivity index (χ0n) is 10.4. The van der Waals surface area contributed by atoms with Crippen LogP contribution in [0, 0.1) is 11.7 Å². The summed E-state index contributed by atoms with van der Waals surface area (Å²) in [7, 11) is 0. The molecule has 0 radical (unpaired) electrons. The molecule has 0 bridgehead atoms. The molecule has 100 valence electrons. The molecule has 1 aliphatic carbocycles. The molecule has 2 N–H and O–H groups in total. The molecular weight excluding hydrogens is 313 g/mol. The minimum atomic E-state index is -0.586. The Bertz CT molecular complexity index is 622. The standard InChI is InChI=1S/C13H13BrFN3O/c1-13(16,7-2-3-7)12-17-11(18-19-12)9-5-4-8(15)6-10(9)14/h4-7H,2-3,16H2,1H3. The summed E-state index contributed by atoms with van der Waals surface area (Å²) in [6, 6.07) is 4.34. The fraction of sp³-hybridized carbons (Fsp3) is 0.385. The van der Waals surface area contributed by atoms with Gasteiger partial charge < -0.3 is 10.3 Å². The van der Waals surface area contributed by atoms with E-state index in [1.165, 1.54) is 12.1 Å². The van der Waals surface area contributed by atoms with Crippen LogP contribution in [0.1, 0.15) is 25.7 Å². The summed E-state index contributed by atoms with van der Waals surface area (Å²) in [5.41, 5.74) is 6.33. The molecule has 0 spiro atoms. The fourth-order valence-electron chi connectivity index (χ4n) is 2.08. The third-order valence-corrected chi connectivity index (χ3v) is 4.14. The highest BCUT2D eigenvalue weighted by Crippen LogP contribution is 2.43. The molecule has 1 atom stereocenters. The van der Waals surface area contributed by atoms with E-state index < -0.39 is 5.54 Å². The van der Waals surface area contributed by atoms with E-state index in [0.29, 0.717) is 27.7 Å². The van der Waals surface area contributed by atoms with Gasteiger partial charge in [-0.2, -0.15) is 4.98 Å². The number of nitrogens with two attached hydrogens (primary N) is 1. The molecule has 4 nitrogen and oxygen atoms in total. The molecule has 1 unspecified atom stereocenters. The van der Waals surface area contributed by atoms with E-state index in [0.717, 1.165) is 12.8 Å². The summed E-state index contributed by atoms with van der Waals surface area (Å²) in [5, 5.41) is 3.93. The van der Waals surface area contributed by atoms with Gasteiger partial charge in [-0.25, -0.2) is 4.39 Å². The zero-order chi connectivity index (χ0) is 13.6. The average Bonchev–Trinajstić information content (AvgIpc) is 3.09. The first-order valence-electron chi connectivity index (χ1n) is 6.07. The number of halogens is 2. The van der Waals surface area contributed by atoms with E-state index in [1.54, 1.807) is 6.07 Å². The van der Waals surface area contributed by atoms with Gasteiger partial charge in [0.15, 0.2) is 0 Å². The Hall–Kier alpha value is -1.27. The molecule has 0 saturated heterocycles. The van der Waals surface area contributed by atoms with Gasteiger partial charge >= 0.3 is 0 Å². The maximum Gasteiger partial charge on any atom is 0.247 e. The molecule has 19 heavy (non-hydrogen) atoms. The summed E-state index contributed by atoms with van der Waals surface area (Å²) >= 11 is 3.29. The van der Waals surface area contributed by atoms with Crippen LogP contribution in [0.15, 0.2) is 27.2 Å². The summed E-state index contributed by atoms with van der Waals surface area (Å²) in [4.78, 5) is 4.35. The largest absolute Gasteiger partial charge is 0.337 e. The van der Waals surface area contributed by atoms with Crippen molar-refractivity contribution in [2.24, 2.45) is 11.7 Å². The Morgan fingerprint density at radius 1 is 1.47 bits per heavy atom. The van der Waals surface area contributed by atoms with Crippen molar-refractivity contribution in [2.45, 2.75) is 25.3 Å². The second kappa shape index (κ2) is 4.38. The predicted molar refractivity (Wildman–Crippen MR) is 71.7 cm³/mol. The summed E-state index contributed by atoms with van der Waals surface area (Å²) in [6.45, 7) is 1.90. The van der Waals surface area contributed by atoms with Crippen molar-refractivity contribution in [3.8, 4) is 11.4 Å². The molecule has 1 fully saturated rings. The van der Waals surface area contributed by atoms with Gasteiger partial charge in [0.2, 0.25) is 11.7 Å². The van der Waals surface area contributed by atoms with E-state index in [1.807, 2.05) is 6.92 Å². The Balaban J connectivity index is 1.96. The molecule has 3 rings (SSSR count). The maximum absolute atomic E-state index is 13.1. The molecule has 1 heterocycles. The van der Waals surface area contributed by atoms with Crippen molar-refractivity contribution in [3.63, 3.8) is 0 Å². The smallest absolute Gasteiger partial charge is 0.247 e. The van der Waals surface area contributed by atoms with Crippen molar-refractivity contribution in [1.82, 2.24) is 10.1 Å². The van der Waals surface area contributed by atoms with Gasteiger partial charge in [-0.15, -0.1) is 0 Å². The van der Waals surface area contributed by atoms with Crippen LogP contribution < -0.4 is 5.73 Å². The third kappa shape index (κ3) is 2.30. The second-order valence-electron chi connectivity index (χ2n) is 5.10. The quantitative estimate of drug-likeness (QED) is 0.940. The van der Waals surface area contributed by atoms with Crippen LogP contribution in [0.25, 0.3) is 11.4 Å². The second-order valence-corrected chi connectivity index (χ2v) is 5.96. The highest BCUT2D eigenvalue weighted by Gasteiger charge is 2.43. The van der Waals surface area contributed by atoms with Gasteiger partial charge in [0.05, 0.1) is 5.54 Å². The Kier molecular flexibility index (Phi) is 2.94. The molecule has 2 aromatic rings. The van der Waals surface area contributed by atoms with Gasteiger partial charge in [0.25, 0.3) is 0 Å². The van der Waals surface area contributed by atoms with Crippen LogP contribution >= 0.6 is 15.9 Å². The van der Waals surface area contributed by atoms with Crippen molar-refractivity contribution in [1.29, 1.82) is 0 Å². The van der Waals surface area contributed by atoms with E-state index in [-0.39, 0.29) is 5.82 Å². The van der Waals surface area contributed by atoms with Crippen LogP contribution in [0.5, 0.6) is 0 Å². The molecule has 1 aliphatic rings. The Labute approximate surface area is 118 Å². The maximum atomic E-state index is 13.1. The van der Waals surface area contributed by atoms with Gasteiger partial charge in [0, 0.05) is 10.0 Å². The van der Waals surface area contributed by atoms with E-state index in [9.17, 15) is 4.39 Å². The molecule has 1 saturated carbocycles. The number of hydrogen-bond donors (Lipinski definition) is 1. The topological polar surface area (TPSA) is 64.9 Å². The van der Waals surface area contributed by atoms with Gasteiger partial charge in [0.1, 0.15) is 5.82 Å². The van der Waals surface area contributed by atoms with Gasteiger partial charge in [-0.1, -0.05) is 5.16 Å². The van der Waals surface area contributed by atoms with E-state index in [4.69, 9.17) is 10.3 Å². The number of benzene rings is 1. The molecule has 0 amide bonds. The van der Waals surface area contributed by atoms with Crippen LogP contribution in [0.3, 0.4) is 0 Å². The summed E-state index contributed by atoms with van der Waals surface area (Å²) in [6.07, 6.45) is 2.18. The predicted octanol–water partition coefficient (Wildman–Crippen LogP) is 3.22. The van der Waals surface area contributed by atoms with Gasteiger partial charge in [-0.05, 0) is 59.8 Å². The summed E-state index contributed by atoms with van der Waals surface area (Å²) in [5.74, 6) is 0.930. The zero-order valence-corrected chi connectivity index (χ0v) is 11.9. The van der Waals surface area contributed by atoms with Crippen molar-refractivity contribution < 1.29 is 8.91 Å². The van der Waals surface area contributed by atoms with E-state index in [2.05, 4.69) is 26.1 Å². The normalized spacial score (nSPS) is 18.3. The number of rotatable bonds is 3. The third-order valence-electron chi connectivity index (χ3n) is 3.48. The molecule has 1 aromatic carbocycles. The first kappa shape index (κ1) is 12.7. The number of aromatic nitrogens is 2. The first-order valence-corrected chi connectivity index (χ1v) is 6.86. The average molecular weight is 326 g/mol. The number of nitrogens with zero attached hydrogens (tertiary/aromatic N) is 2. The highest BCUT2D eigenvalue weighted by atomic mass is 79.9. The molecule has 1 aromatic heterocycles. The number of hydrogen-bond acceptors (Lipinski definition) is 4. The van der Waals surface area contributed by atoms with E-state index >= 15 is 0 Å². The van der Waals surface area contributed by atoms with Crippen LogP contribution in [-0.4, -0.2) is 10.1 Å². The lowest BCUT2D eigenvalue weighted by molar-refractivity contribution is 0.273. The minimum absolute atomic E-state index is 0.319. The highest BCUT2D eigenvalue weighted by molar-refractivity contribution is 9.10. The first-order chi connectivity index (χ1) is 8.98. The lowest BCUT2D eigenvalue weighted by Crippen LogP contribution is -2.35. The lowest BCUT2D eigenvalue weighted by Gasteiger charge is -2.18. The van der Waals surface area contributed by atoms with Crippen LogP contribution in [0.4, 0.5) is 4.39 Å². The SMILES string of the molecule is CC(N)(c1nc(-c2ccc(F)cc2Br)no1)C1CC1. The minimum Gasteiger partial charge on any atom is -0.337 e. The molecular formula is C13H13BrFN3O. The molecule has 0 aliphatic heterocycles. The fourth-order valence-corrected chi connectivity index (χ4v) is 2.61. The monoisotopic (exact) mass is 325 g/mol.